The van der Waals surface area contributed by atoms with Crippen LogP contribution in [-0.2, 0) is 0 Å². The van der Waals surface area contributed by atoms with Gasteiger partial charge in [-0.15, -0.1) is 0 Å². The summed E-state index contributed by atoms with van der Waals surface area (Å²) >= 11 is 0. The van der Waals surface area contributed by atoms with Crippen molar-refractivity contribution < 1.29 is 0 Å². The van der Waals surface area contributed by atoms with Crippen molar-refractivity contribution in [2.24, 2.45) is 0 Å². The van der Waals surface area contributed by atoms with Gasteiger partial charge in [0.2, 0.25) is 0 Å². The lowest BCUT2D eigenvalue weighted by molar-refractivity contribution is 1.17. The van der Waals surface area contributed by atoms with Crippen LogP contribution in [0.5, 0.6) is 0 Å². The number of fused-ring (bicyclic) bond motifs is 9. The average molecular weight is 497 g/mol. The molecule has 3 heterocycles. The smallest absolute Gasteiger partial charge is 0.0717 e. The molecule has 9 rings (SSSR count). The molecule has 0 spiro atoms. The minimum absolute atomic E-state index is 1.02. The van der Waals surface area contributed by atoms with Gasteiger partial charge in [-0.05, 0) is 60.7 Å². The van der Waals surface area contributed by atoms with Crippen LogP contribution in [0.2, 0.25) is 0 Å². The Balaban J connectivity index is 1.27. The molecule has 6 aromatic carbocycles. The SMILES string of the molecule is c1ccc2c(c1)c1ccccc1n2-c1ccc2c(c1)-c1cc(-n3c4ccccc4c4ccccc43)ccc1[N]2. The zero-order valence-electron chi connectivity index (χ0n) is 21.0. The highest BCUT2D eigenvalue weighted by atomic mass is 15.0. The van der Waals surface area contributed by atoms with E-state index in [2.05, 4.69) is 143 Å². The first-order valence-electron chi connectivity index (χ1n) is 13.3. The molecule has 39 heavy (non-hydrogen) atoms. The number of para-hydroxylation sites is 4. The molecule has 0 amide bonds. The van der Waals surface area contributed by atoms with Crippen molar-refractivity contribution in [1.82, 2.24) is 14.5 Å². The lowest BCUT2D eigenvalue weighted by atomic mass is 10.0. The second-order valence-corrected chi connectivity index (χ2v) is 10.3. The Morgan fingerprint density at radius 1 is 0.359 bits per heavy atom. The number of benzene rings is 6. The first kappa shape index (κ1) is 20.7. The van der Waals surface area contributed by atoms with Crippen molar-refractivity contribution in [2.75, 3.05) is 0 Å². The fourth-order valence-electron chi connectivity index (χ4n) is 6.48. The molecule has 1 radical (unpaired) electrons. The van der Waals surface area contributed by atoms with E-state index in [4.69, 9.17) is 5.32 Å². The van der Waals surface area contributed by atoms with Gasteiger partial charge in [0.25, 0.3) is 0 Å². The zero-order valence-corrected chi connectivity index (χ0v) is 21.0. The van der Waals surface area contributed by atoms with Crippen LogP contribution >= 0.6 is 0 Å². The molecule has 2 aromatic heterocycles. The minimum Gasteiger partial charge on any atom is -0.309 e. The van der Waals surface area contributed by atoms with E-state index in [0.717, 1.165) is 22.7 Å². The van der Waals surface area contributed by atoms with Crippen LogP contribution in [0.4, 0.5) is 11.4 Å². The third-order valence-corrected chi connectivity index (χ3v) is 8.17. The topological polar surface area (TPSA) is 24.0 Å². The molecule has 3 nitrogen and oxygen atoms in total. The van der Waals surface area contributed by atoms with E-state index < -0.39 is 0 Å². The van der Waals surface area contributed by atoms with Gasteiger partial charge in [0.1, 0.15) is 0 Å². The van der Waals surface area contributed by atoms with Crippen LogP contribution in [0.3, 0.4) is 0 Å². The molecule has 0 atom stereocenters. The Kier molecular flexibility index (Phi) is 4.05. The van der Waals surface area contributed by atoms with Gasteiger partial charge in [-0.3, -0.25) is 0 Å². The van der Waals surface area contributed by atoms with E-state index in [1.54, 1.807) is 0 Å². The predicted molar refractivity (Wildman–Crippen MR) is 162 cm³/mol. The summed E-state index contributed by atoms with van der Waals surface area (Å²) in [6.07, 6.45) is 0. The van der Waals surface area contributed by atoms with Crippen LogP contribution in [0.25, 0.3) is 66.1 Å². The number of aromatic nitrogens is 2. The molecule has 3 heteroatoms. The highest BCUT2D eigenvalue weighted by molar-refractivity contribution is 6.10. The molecule has 0 bridgehead atoms. The molecule has 1 aliphatic rings. The third-order valence-electron chi connectivity index (χ3n) is 8.17. The minimum atomic E-state index is 1.02. The zero-order chi connectivity index (χ0) is 25.5. The second-order valence-electron chi connectivity index (χ2n) is 10.3. The molecule has 0 fully saturated rings. The van der Waals surface area contributed by atoms with Crippen molar-refractivity contribution in [3.05, 3.63) is 133 Å². The van der Waals surface area contributed by atoms with Crippen LogP contribution < -0.4 is 5.32 Å². The summed E-state index contributed by atoms with van der Waals surface area (Å²) in [4.78, 5) is 0. The van der Waals surface area contributed by atoms with Crippen molar-refractivity contribution in [3.8, 4) is 22.5 Å². The summed E-state index contributed by atoms with van der Waals surface area (Å²) in [6.45, 7) is 0. The molecule has 0 unspecified atom stereocenters. The fraction of sp³-hybridized carbons (Fsp3) is 0. The van der Waals surface area contributed by atoms with E-state index in [1.165, 1.54) is 54.7 Å². The Bertz CT molecular complexity index is 2000. The lowest BCUT2D eigenvalue weighted by Gasteiger charge is -2.11. The molecule has 0 aliphatic carbocycles. The van der Waals surface area contributed by atoms with Crippen molar-refractivity contribution in [1.29, 1.82) is 0 Å². The summed E-state index contributed by atoms with van der Waals surface area (Å²) in [6, 6.07) is 48.0. The molecule has 0 saturated heterocycles. The van der Waals surface area contributed by atoms with Gasteiger partial charge < -0.3 is 9.13 Å². The third kappa shape index (κ3) is 2.82. The summed E-state index contributed by atoms with van der Waals surface area (Å²) < 4.78 is 4.75. The van der Waals surface area contributed by atoms with Crippen molar-refractivity contribution in [2.45, 2.75) is 0 Å². The van der Waals surface area contributed by atoms with Gasteiger partial charge in [-0.25, -0.2) is 5.32 Å². The molecule has 0 saturated carbocycles. The van der Waals surface area contributed by atoms with E-state index >= 15 is 0 Å². The highest BCUT2D eigenvalue weighted by Crippen LogP contribution is 2.46. The summed E-state index contributed by atoms with van der Waals surface area (Å²) in [5.41, 5.74) is 11.6. The fourth-order valence-corrected chi connectivity index (χ4v) is 6.48. The monoisotopic (exact) mass is 496 g/mol. The normalized spacial score (nSPS) is 12.3. The number of hydrogen-bond donors (Lipinski definition) is 0. The van der Waals surface area contributed by atoms with Crippen LogP contribution in [0.15, 0.2) is 133 Å². The van der Waals surface area contributed by atoms with Crippen molar-refractivity contribution >= 4 is 55.0 Å². The van der Waals surface area contributed by atoms with Crippen LogP contribution in [0, 0.1) is 0 Å². The van der Waals surface area contributed by atoms with Gasteiger partial charge in [0, 0.05) is 44.0 Å². The van der Waals surface area contributed by atoms with Crippen LogP contribution in [0.1, 0.15) is 0 Å². The Morgan fingerprint density at radius 2 is 0.692 bits per heavy atom. The molecular formula is C36H22N3. The number of hydrogen-bond acceptors (Lipinski definition) is 0. The van der Waals surface area contributed by atoms with Gasteiger partial charge in [0.15, 0.2) is 0 Å². The maximum Gasteiger partial charge on any atom is 0.0717 e. The number of nitrogens with zero attached hydrogens (tertiary/aromatic N) is 3. The van der Waals surface area contributed by atoms with Gasteiger partial charge >= 0.3 is 0 Å². The van der Waals surface area contributed by atoms with E-state index in [1.807, 2.05) is 0 Å². The lowest BCUT2D eigenvalue weighted by Crippen LogP contribution is -1.95. The average Bonchev–Trinajstić information content (AvgIpc) is 3.64. The molecule has 181 valence electrons. The Morgan fingerprint density at radius 3 is 1.05 bits per heavy atom. The molecular weight excluding hydrogens is 474 g/mol. The van der Waals surface area contributed by atoms with Gasteiger partial charge in [0.05, 0.1) is 33.4 Å². The molecule has 1 aliphatic heterocycles. The maximum absolute atomic E-state index is 4.99. The van der Waals surface area contributed by atoms with Gasteiger partial charge in [-0.2, -0.15) is 0 Å². The summed E-state index contributed by atoms with van der Waals surface area (Å²) in [5.74, 6) is 0. The predicted octanol–water partition coefficient (Wildman–Crippen LogP) is 9.43. The molecule has 0 N–H and O–H groups in total. The van der Waals surface area contributed by atoms with E-state index in [9.17, 15) is 0 Å². The Hall–Kier alpha value is -5.28. The molecule has 8 aromatic rings. The quantitative estimate of drug-likeness (QED) is 0.228. The van der Waals surface area contributed by atoms with E-state index in [-0.39, 0.29) is 0 Å². The standard InChI is InChI=1S/C36H22N3/c1-5-13-33-25(9-1)26-10-2-6-14-34(26)38(33)23-17-19-31-29(21-23)30-22-24(18-20-32(30)37-31)39-35-15-7-3-11-27(35)28-12-4-8-16-36(28)39/h1-22H. The Labute approximate surface area is 225 Å². The first-order valence-corrected chi connectivity index (χ1v) is 13.3. The highest BCUT2D eigenvalue weighted by Gasteiger charge is 2.23. The first-order chi connectivity index (χ1) is 19.3. The summed E-state index contributed by atoms with van der Waals surface area (Å²) in [7, 11) is 0. The van der Waals surface area contributed by atoms with Crippen molar-refractivity contribution in [3.63, 3.8) is 0 Å². The van der Waals surface area contributed by atoms with Gasteiger partial charge in [-0.1, -0.05) is 72.8 Å². The second kappa shape index (κ2) is 7.62. The largest absolute Gasteiger partial charge is 0.309 e. The van der Waals surface area contributed by atoms with Crippen LogP contribution in [-0.4, -0.2) is 9.13 Å². The summed E-state index contributed by atoms with van der Waals surface area (Å²) in [5, 5.41) is 10.1. The number of rotatable bonds is 2. The van der Waals surface area contributed by atoms with E-state index in [0.29, 0.717) is 0 Å². The maximum atomic E-state index is 4.99.